The van der Waals surface area contributed by atoms with Crippen LogP contribution in [0.4, 0.5) is 11.6 Å². The molecule has 2 aliphatic heterocycles. The lowest BCUT2D eigenvalue weighted by Gasteiger charge is -2.51. The summed E-state index contributed by atoms with van der Waals surface area (Å²) in [5.41, 5.74) is 3.95. The van der Waals surface area contributed by atoms with Crippen LogP contribution in [-0.4, -0.2) is 65.7 Å². The van der Waals surface area contributed by atoms with Gasteiger partial charge in [0.2, 0.25) is 5.95 Å². The summed E-state index contributed by atoms with van der Waals surface area (Å²) < 4.78 is 33.7. The van der Waals surface area contributed by atoms with Crippen molar-refractivity contribution >= 4 is 21.5 Å². The number of aromatic nitrogens is 3. The minimum absolute atomic E-state index is 0.0931. The largest absolute Gasteiger partial charge is 0.377 e. The van der Waals surface area contributed by atoms with Gasteiger partial charge in [-0.2, -0.15) is 4.98 Å². The van der Waals surface area contributed by atoms with Gasteiger partial charge in [0, 0.05) is 5.69 Å². The molecule has 0 bridgehead atoms. The van der Waals surface area contributed by atoms with Crippen LogP contribution in [0.2, 0.25) is 0 Å². The fourth-order valence-corrected chi connectivity index (χ4v) is 7.52. The molecule has 6 rings (SSSR count). The zero-order chi connectivity index (χ0) is 26.9. The molecule has 4 aromatic rings. The molecule has 3 aromatic carbocycles. The highest BCUT2D eigenvalue weighted by Crippen LogP contribution is 2.37. The van der Waals surface area contributed by atoms with E-state index in [2.05, 4.69) is 45.4 Å². The molecule has 2 aliphatic rings. The predicted octanol–water partition coefficient (Wildman–Crippen LogP) is 4.74. The normalized spacial score (nSPS) is 18.0. The minimum Gasteiger partial charge on any atom is -0.377 e. The quantitative estimate of drug-likeness (QED) is 0.343. The Morgan fingerprint density at radius 3 is 2.33 bits per heavy atom. The smallest absolute Gasteiger partial charge is 0.246 e. The predicted molar refractivity (Wildman–Crippen MR) is 151 cm³/mol. The molecule has 9 heteroatoms. The Bertz CT molecular complexity index is 1530. The summed E-state index contributed by atoms with van der Waals surface area (Å²) in [4.78, 5) is 7.17. The molecule has 0 unspecified atom stereocenters. The molecular formula is C30H33N5O3S. The first-order valence-electron chi connectivity index (χ1n) is 13.4. The molecular weight excluding hydrogens is 510 g/mol. The third-order valence-electron chi connectivity index (χ3n) is 7.81. The molecule has 0 saturated carbocycles. The third kappa shape index (κ3) is 5.48. The van der Waals surface area contributed by atoms with Crippen LogP contribution in [0, 0.1) is 6.92 Å². The Labute approximate surface area is 229 Å². The third-order valence-corrected chi connectivity index (χ3v) is 9.72. The van der Waals surface area contributed by atoms with Gasteiger partial charge in [-0.1, -0.05) is 42.5 Å². The van der Waals surface area contributed by atoms with Crippen LogP contribution in [0.3, 0.4) is 0 Å². The maximum Gasteiger partial charge on any atom is 0.246 e. The highest BCUT2D eigenvalue weighted by molar-refractivity contribution is 7.91. The van der Waals surface area contributed by atoms with Gasteiger partial charge >= 0.3 is 0 Å². The summed E-state index contributed by atoms with van der Waals surface area (Å²) in [6.07, 6.45) is 3.65. The number of aryl methyl sites for hydroxylation is 1. The Morgan fingerprint density at radius 2 is 1.67 bits per heavy atom. The van der Waals surface area contributed by atoms with Gasteiger partial charge < -0.3 is 10.1 Å². The number of ether oxygens (including phenoxy) is 1. The van der Waals surface area contributed by atoms with E-state index >= 15 is 0 Å². The number of hydrogen-bond acceptors (Lipinski definition) is 7. The maximum absolute atomic E-state index is 13.2. The van der Waals surface area contributed by atoms with Gasteiger partial charge in [-0.05, 0) is 86.3 Å². The van der Waals surface area contributed by atoms with Crippen molar-refractivity contribution < 1.29 is 13.2 Å². The van der Waals surface area contributed by atoms with Crippen molar-refractivity contribution in [3.63, 3.8) is 0 Å². The number of nitrogens with one attached hydrogen (secondary N) is 1. The van der Waals surface area contributed by atoms with Gasteiger partial charge in [0.05, 0.1) is 35.1 Å². The second-order valence-electron chi connectivity index (χ2n) is 10.7. The molecule has 2 saturated heterocycles. The summed E-state index contributed by atoms with van der Waals surface area (Å²) in [6, 6.07) is 25.2. The minimum atomic E-state index is -3.39. The zero-order valence-corrected chi connectivity index (χ0v) is 22.8. The number of rotatable bonds is 8. The van der Waals surface area contributed by atoms with Crippen LogP contribution in [0.5, 0.6) is 0 Å². The average Bonchev–Trinajstić information content (AvgIpc) is 3.40. The van der Waals surface area contributed by atoms with E-state index in [1.807, 2.05) is 36.4 Å². The summed E-state index contributed by atoms with van der Waals surface area (Å²) in [7, 11) is -3.39. The SMILES string of the molecule is Cc1cc(Nc2ncn(-c3ccccc3)n2)cc(C2CCN(C3(CS(=O)(=O)c4ccccc4)COC3)CC2)c1. The second-order valence-corrected chi connectivity index (χ2v) is 12.6. The van der Waals surface area contributed by atoms with Crippen molar-refractivity contribution in [1.82, 2.24) is 19.7 Å². The van der Waals surface area contributed by atoms with E-state index in [9.17, 15) is 8.42 Å². The molecule has 39 heavy (non-hydrogen) atoms. The lowest BCUT2D eigenvalue weighted by molar-refractivity contribution is -0.133. The molecule has 8 nitrogen and oxygen atoms in total. The van der Waals surface area contributed by atoms with Gasteiger partial charge in [-0.25, -0.2) is 13.1 Å². The molecule has 3 heterocycles. The molecule has 0 atom stereocenters. The summed E-state index contributed by atoms with van der Waals surface area (Å²) in [5.74, 6) is 1.05. The number of anilines is 2. The van der Waals surface area contributed by atoms with Gasteiger partial charge in [0.15, 0.2) is 9.84 Å². The van der Waals surface area contributed by atoms with Gasteiger partial charge in [-0.15, -0.1) is 5.10 Å². The Kier molecular flexibility index (Phi) is 6.97. The number of piperidine rings is 1. The van der Waals surface area contributed by atoms with E-state index in [1.54, 1.807) is 35.3 Å². The fourth-order valence-electron chi connectivity index (χ4n) is 5.72. The second kappa shape index (κ2) is 10.6. The zero-order valence-electron chi connectivity index (χ0n) is 22.0. The van der Waals surface area contributed by atoms with Crippen molar-refractivity contribution in [2.45, 2.75) is 36.1 Å². The number of nitrogens with zero attached hydrogens (tertiary/aromatic N) is 4. The number of benzene rings is 3. The highest BCUT2D eigenvalue weighted by Gasteiger charge is 2.48. The van der Waals surface area contributed by atoms with Crippen LogP contribution in [0.15, 0.2) is 90.1 Å². The molecule has 0 aliphatic carbocycles. The monoisotopic (exact) mass is 543 g/mol. The van der Waals surface area contributed by atoms with Gasteiger partial charge in [0.25, 0.3) is 0 Å². The van der Waals surface area contributed by atoms with Gasteiger partial charge in [-0.3, -0.25) is 4.90 Å². The van der Waals surface area contributed by atoms with E-state index in [0.29, 0.717) is 30.0 Å². The Balaban J connectivity index is 1.12. The van der Waals surface area contributed by atoms with Crippen LogP contribution in [0.25, 0.3) is 5.69 Å². The lowest BCUT2D eigenvalue weighted by Crippen LogP contribution is -2.66. The van der Waals surface area contributed by atoms with Gasteiger partial charge in [0.1, 0.15) is 6.33 Å². The van der Waals surface area contributed by atoms with Crippen LogP contribution in [-0.2, 0) is 14.6 Å². The van der Waals surface area contributed by atoms with Crippen LogP contribution in [0.1, 0.15) is 29.9 Å². The van der Waals surface area contributed by atoms with E-state index < -0.39 is 15.4 Å². The average molecular weight is 544 g/mol. The number of para-hydroxylation sites is 1. The van der Waals surface area contributed by atoms with E-state index in [1.165, 1.54) is 11.1 Å². The number of hydrogen-bond donors (Lipinski definition) is 1. The van der Waals surface area contributed by atoms with Crippen LogP contribution >= 0.6 is 0 Å². The first kappa shape index (κ1) is 25.7. The number of sulfone groups is 1. The Morgan fingerprint density at radius 1 is 0.974 bits per heavy atom. The molecule has 0 amide bonds. The summed E-state index contributed by atoms with van der Waals surface area (Å²) in [6.45, 7) is 4.72. The Hall–Kier alpha value is -3.53. The molecule has 2 fully saturated rings. The standard InChI is InChI=1S/C30H33N5O3S/c1-23-16-25(18-26(17-23)32-29-31-22-35(33-29)27-8-4-2-5-9-27)24-12-14-34(15-13-24)30(19-38-20-30)21-39(36,37)28-10-6-3-7-11-28/h2-11,16-18,22,24H,12-15,19-21H2,1H3,(H,32,33). The van der Waals surface area contributed by atoms with Crippen molar-refractivity contribution in [2.24, 2.45) is 0 Å². The van der Waals surface area contributed by atoms with E-state index in [4.69, 9.17) is 4.74 Å². The van der Waals surface area contributed by atoms with E-state index in [-0.39, 0.29) is 5.75 Å². The highest BCUT2D eigenvalue weighted by atomic mass is 32.2. The molecule has 202 valence electrons. The maximum atomic E-state index is 13.2. The lowest BCUT2D eigenvalue weighted by atomic mass is 9.85. The van der Waals surface area contributed by atoms with Crippen molar-refractivity contribution in [3.8, 4) is 5.69 Å². The molecule has 1 N–H and O–H groups in total. The van der Waals surface area contributed by atoms with Crippen molar-refractivity contribution in [1.29, 1.82) is 0 Å². The van der Waals surface area contributed by atoms with Crippen molar-refractivity contribution in [2.75, 3.05) is 37.4 Å². The first-order chi connectivity index (χ1) is 18.9. The molecule has 1 aromatic heterocycles. The molecule has 0 radical (unpaired) electrons. The van der Waals surface area contributed by atoms with E-state index in [0.717, 1.165) is 37.3 Å². The summed E-state index contributed by atoms with van der Waals surface area (Å²) in [5, 5.41) is 7.95. The van der Waals surface area contributed by atoms with Crippen LogP contribution < -0.4 is 5.32 Å². The topological polar surface area (TPSA) is 89.4 Å². The molecule has 0 spiro atoms. The van der Waals surface area contributed by atoms with Crippen molar-refractivity contribution in [3.05, 3.63) is 96.3 Å². The first-order valence-corrected chi connectivity index (χ1v) is 15.0. The number of likely N-dealkylation sites (tertiary alicyclic amines) is 1. The fraction of sp³-hybridized carbons (Fsp3) is 0.333. The summed E-state index contributed by atoms with van der Waals surface area (Å²) >= 11 is 0.